The van der Waals surface area contributed by atoms with Gasteiger partial charge in [-0.3, -0.25) is 0 Å². The monoisotopic (exact) mass is 454 g/mol. The first-order chi connectivity index (χ1) is 16.7. The second-order valence-corrected chi connectivity index (χ2v) is 7.31. The molecule has 1 aromatic heterocycles. The van der Waals surface area contributed by atoms with Crippen LogP contribution in [0.25, 0.3) is 35.3 Å². The lowest BCUT2D eigenvalue weighted by Gasteiger charge is -2.10. The first kappa shape index (κ1) is 22.9. The van der Waals surface area contributed by atoms with Gasteiger partial charge in [-0.15, -0.1) is 0 Å². The van der Waals surface area contributed by atoms with Gasteiger partial charge in [0.05, 0.1) is 50.9 Å². The summed E-state index contributed by atoms with van der Waals surface area (Å²) >= 11 is 0. The number of para-hydroxylation sites is 4. The summed E-state index contributed by atoms with van der Waals surface area (Å²) in [6.07, 6.45) is 7.76. The molecule has 0 amide bonds. The van der Waals surface area contributed by atoms with Crippen LogP contribution in [0.1, 0.15) is 22.5 Å². The van der Waals surface area contributed by atoms with Crippen LogP contribution >= 0.6 is 0 Å². The lowest BCUT2D eigenvalue weighted by Crippen LogP contribution is -1.95. The highest BCUT2D eigenvalue weighted by molar-refractivity contribution is 5.84. The van der Waals surface area contributed by atoms with E-state index in [-0.39, 0.29) is 0 Å². The first-order valence-electron chi connectivity index (χ1n) is 10.7. The maximum Gasteiger partial charge on any atom is 0.167 e. The zero-order valence-electron chi connectivity index (χ0n) is 19.6. The van der Waals surface area contributed by atoms with E-state index < -0.39 is 0 Å². The molecule has 1 heterocycles. The third-order valence-electron chi connectivity index (χ3n) is 5.33. The van der Waals surface area contributed by atoms with Crippen molar-refractivity contribution in [3.8, 4) is 23.0 Å². The SMILES string of the molecule is COc1cccc(/C=C\c2nc3ccccc3nc2/C=C\c2cccc(OC)c2OC)c1OC. The summed E-state index contributed by atoms with van der Waals surface area (Å²) in [6.45, 7) is 0. The molecule has 0 aliphatic rings. The fourth-order valence-electron chi connectivity index (χ4n) is 3.70. The molecule has 6 nitrogen and oxygen atoms in total. The number of benzene rings is 3. The van der Waals surface area contributed by atoms with Gasteiger partial charge in [-0.2, -0.15) is 0 Å². The van der Waals surface area contributed by atoms with E-state index in [9.17, 15) is 0 Å². The second-order valence-electron chi connectivity index (χ2n) is 7.31. The van der Waals surface area contributed by atoms with Crippen LogP contribution in [-0.4, -0.2) is 38.4 Å². The predicted octanol–water partition coefficient (Wildman–Crippen LogP) is 6.01. The number of hydrogen-bond acceptors (Lipinski definition) is 6. The van der Waals surface area contributed by atoms with Crippen molar-refractivity contribution in [2.24, 2.45) is 0 Å². The molecule has 0 bridgehead atoms. The van der Waals surface area contributed by atoms with E-state index in [0.717, 1.165) is 33.5 Å². The maximum atomic E-state index is 5.56. The van der Waals surface area contributed by atoms with E-state index in [0.29, 0.717) is 23.0 Å². The van der Waals surface area contributed by atoms with Gasteiger partial charge in [0.15, 0.2) is 23.0 Å². The van der Waals surface area contributed by atoms with E-state index >= 15 is 0 Å². The molecule has 0 fully saturated rings. The Hall–Kier alpha value is -4.32. The van der Waals surface area contributed by atoms with Crippen LogP contribution in [0.15, 0.2) is 60.7 Å². The minimum atomic E-state index is 0.660. The van der Waals surface area contributed by atoms with E-state index in [1.165, 1.54) is 0 Å². The summed E-state index contributed by atoms with van der Waals surface area (Å²) in [4.78, 5) is 9.70. The number of methoxy groups -OCH3 is 4. The van der Waals surface area contributed by atoms with Crippen LogP contribution in [0.2, 0.25) is 0 Å². The standard InChI is InChI=1S/C28H26N2O4/c1-31-25-13-7-9-19(27(25)33-3)15-17-23-24(30-22-12-6-5-11-21(22)29-23)18-16-20-10-8-14-26(32-2)28(20)34-4/h5-18H,1-4H3/b17-15-,18-16-. The molecule has 0 saturated carbocycles. The molecule has 6 heteroatoms. The zero-order chi connectivity index (χ0) is 23.9. The Kier molecular flexibility index (Phi) is 7.08. The van der Waals surface area contributed by atoms with E-state index in [2.05, 4.69) is 0 Å². The molecule has 0 aliphatic carbocycles. The lowest BCUT2D eigenvalue weighted by atomic mass is 10.1. The average molecular weight is 455 g/mol. The van der Waals surface area contributed by atoms with E-state index in [1.807, 2.05) is 85.0 Å². The molecule has 0 radical (unpaired) electrons. The lowest BCUT2D eigenvalue weighted by molar-refractivity contribution is 0.354. The molecule has 0 N–H and O–H groups in total. The highest BCUT2D eigenvalue weighted by Crippen LogP contribution is 2.33. The molecular formula is C28H26N2O4. The maximum absolute atomic E-state index is 5.56. The Morgan fingerprint density at radius 2 is 0.941 bits per heavy atom. The molecule has 3 aromatic carbocycles. The molecule has 0 saturated heterocycles. The zero-order valence-corrected chi connectivity index (χ0v) is 19.6. The molecule has 0 spiro atoms. The number of fused-ring (bicyclic) bond motifs is 1. The van der Waals surface area contributed by atoms with Crippen molar-refractivity contribution < 1.29 is 18.9 Å². The van der Waals surface area contributed by atoms with Gasteiger partial charge >= 0.3 is 0 Å². The van der Waals surface area contributed by atoms with Crippen molar-refractivity contribution in [2.75, 3.05) is 28.4 Å². The molecule has 0 atom stereocenters. The van der Waals surface area contributed by atoms with Crippen molar-refractivity contribution in [3.05, 3.63) is 83.2 Å². The molecule has 4 aromatic rings. The number of rotatable bonds is 8. The third-order valence-corrected chi connectivity index (χ3v) is 5.33. The second kappa shape index (κ2) is 10.5. The summed E-state index contributed by atoms with van der Waals surface area (Å²) in [7, 11) is 6.49. The normalized spacial score (nSPS) is 11.3. The molecular weight excluding hydrogens is 428 g/mol. The molecule has 0 aliphatic heterocycles. The quantitative estimate of drug-likeness (QED) is 0.325. The van der Waals surface area contributed by atoms with Crippen LogP contribution in [0.5, 0.6) is 23.0 Å². The first-order valence-corrected chi connectivity index (χ1v) is 10.7. The highest BCUT2D eigenvalue weighted by atomic mass is 16.5. The topological polar surface area (TPSA) is 62.7 Å². The summed E-state index contributed by atoms with van der Waals surface area (Å²) in [6, 6.07) is 19.3. The summed E-state index contributed by atoms with van der Waals surface area (Å²) in [5.74, 6) is 2.65. The smallest absolute Gasteiger partial charge is 0.167 e. The minimum Gasteiger partial charge on any atom is -0.493 e. The van der Waals surface area contributed by atoms with E-state index in [4.69, 9.17) is 28.9 Å². The Morgan fingerprint density at radius 1 is 0.500 bits per heavy atom. The van der Waals surface area contributed by atoms with Crippen molar-refractivity contribution in [1.29, 1.82) is 0 Å². The molecule has 172 valence electrons. The number of ether oxygens (including phenoxy) is 4. The summed E-state index contributed by atoms with van der Waals surface area (Å²) in [5.41, 5.74) is 4.83. The molecule has 34 heavy (non-hydrogen) atoms. The highest BCUT2D eigenvalue weighted by Gasteiger charge is 2.10. The largest absolute Gasteiger partial charge is 0.493 e. The van der Waals surface area contributed by atoms with Crippen LogP contribution < -0.4 is 18.9 Å². The number of hydrogen-bond donors (Lipinski definition) is 0. The van der Waals surface area contributed by atoms with Gasteiger partial charge in [0.1, 0.15) is 0 Å². The van der Waals surface area contributed by atoms with Crippen molar-refractivity contribution >= 4 is 35.3 Å². The van der Waals surface area contributed by atoms with Gasteiger partial charge in [-0.05, 0) is 48.6 Å². The fourth-order valence-corrected chi connectivity index (χ4v) is 3.70. The Morgan fingerprint density at radius 3 is 1.32 bits per heavy atom. The molecule has 0 unspecified atom stereocenters. The number of aromatic nitrogens is 2. The summed E-state index contributed by atoms with van der Waals surface area (Å²) in [5, 5.41) is 0. The van der Waals surface area contributed by atoms with Crippen LogP contribution in [-0.2, 0) is 0 Å². The van der Waals surface area contributed by atoms with Gasteiger partial charge in [0.2, 0.25) is 0 Å². The number of nitrogens with zero attached hydrogens (tertiary/aromatic N) is 2. The average Bonchev–Trinajstić information content (AvgIpc) is 2.89. The van der Waals surface area contributed by atoms with Gasteiger partial charge in [0, 0.05) is 11.1 Å². The van der Waals surface area contributed by atoms with Gasteiger partial charge in [0.25, 0.3) is 0 Å². The Labute approximate surface area is 199 Å². The Balaban J connectivity index is 1.79. The van der Waals surface area contributed by atoms with Crippen molar-refractivity contribution in [1.82, 2.24) is 9.97 Å². The van der Waals surface area contributed by atoms with Crippen molar-refractivity contribution in [2.45, 2.75) is 0 Å². The fraction of sp³-hybridized carbons (Fsp3) is 0.143. The van der Waals surface area contributed by atoms with E-state index in [1.54, 1.807) is 28.4 Å². The third kappa shape index (κ3) is 4.71. The van der Waals surface area contributed by atoms with Crippen LogP contribution in [0.3, 0.4) is 0 Å². The van der Waals surface area contributed by atoms with Crippen LogP contribution in [0, 0.1) is 0 Å². The van der Waals surface area contributed by atoms with Crippen LogP contribution in [0.4, 0.5) is 0 Å². The minimum absolute atomic E-state index is 0.660. The molecule has 4 rings (SSSR count). The predicted molar refractivity (Wildman–Crippen MR) is 136 cm³/mol. The Bertz CT molecular complexity index is 1260. The van der Waals surface area contributed by atoms with Crippen molar-refractivity contribution in [3.63, 3.8) is 0 Å². The van der Waals surface area contributed by atoms with Gasteiger partial charge in [-0.25, -0.2) is 9.97 Å². The van der Waals surface area contributed by atoms with Gasteiger partial charge < -0.3 is 18.9 Å². The van der Waals surface area contributed by atoms with Gasteiger partial charge in [-0.1, -0.05) is 36.4 Å². The summed E-state index contributed by atoms with van der Waals surface area (Å²) < 4.78 is 22.0.